The molecule has 0 saturated heterocycles. The second-order valence-electron chi connectivity index (χ2n) is 9.26. The largest absolute Gasteiger partial charge is 0.493 e. The van der Waals surface area contributed by atoms with Crippen LogP contribution in [0.1, 0.15) is 63.4 Å². The number of hydrogen-bond donors (Lipinski definition) is 1. The zero-order valence-corrected chi connectivity index (χ0v) is 19.8. The van der Waals surface area contributed by atoms with Crippen LogP contribution in [-0.4, -0.2) is 31.6 Å². The number of Topliss-reactive ketones (excluding diaryl/α,β-unsaturated/α-hetero) is 1. The van der Waals surface area contributed by atoms with E-state index in [1.807, 2.05) is 52.8 Å². The number of H-pyrrole nitrogens is 1. The Labute approximate surface area is 185 Å². The molecule has 164 valence electrons. The molecule has 0 bridgehead atoms. The lowest BCUT2D eigenvalue weighted by molar-refractivity contribution is -0.126. The van der Waals surface area contributed by atoms with Crippen molar-refractivity contribution >= 4 is 27.6 Å². The Bertz CT molecular complexity index is 1160. The van der Waals surface area contributed by atoms with Gasteiger partial charge in [-0.05, 0) is 70.4 Å². The molecule has 0 aliphatic heterocycles. The lowest BCUT2D eigenvalue weighted by Gasteiger charge is -2.21. The lowest BCUT2D eigenvalue weighted by atomic mass is 9.80. The summed E-state index contributed by atoms with van der Waals surface area (Å²) in [5.74, 6) is 1.24. The number of benzene rings is 1. The molecule has 1 aromatic carbocycles. The molecule has 0 spiro atoms. The van der Waals surface area contributed by atoms with Crippen molar-refractivity contribution in [3.63, 3.8) is 0 Å². The van der Waals surface area contributed by atoms with Gasteiger partial charge in [0.2, 0.25) is 0 Å². The quantitative estimate of drug-likeness (QED) is 0.611. The van der Waals surface area contributed by atoms with Crippen LogP contribution in [0.25, 0.3) is 11.0 Å². The van der Waals surface area contributed by atoms with E-state index in [9.17, 15) is 9.00 Å². The van der Waals surface area contributed by atoms with Gasteiger partial charge >= 0.3 is 0 Å². The number of rotatable bonds is 6. The summed E-state index contributed by atoms with van der Waals surface area (Å²) in [6.45, 7) is 12.5. The number of pyridine rings is 1. The fourth-order valence-corrected chi connectivity index (χ4v) is 5.57. The topological polar surface area (TPSA) is 84.9 Å². The van der Waals surface area contributed by atoms with Gasteiger partial charge in [-0.2, -0.15) is 0 Å². The van der Waals surface area contributed by atoms with Crippen LogP contribution < -0.4 is 4.74 Å². The highest BCUT2D eigenvalue weighted by atomic mass is 32.2. The molecule has 1 N–H and O–H groups in total. The number of fused-ring (bicyclic) bond motifs is 2. The average Bonchev–Trinajstić information content (AvgIpc) is 3.20. The third-order valence-corrected chi connectivity index (χ3v) is 7.45. The number of carbonyl (C=O) groups is 1. The Kier molecular flexibility index (Phi) is 5.28. The highest BCUT2D eigenvalue weighted by molar-refractivity contribution is 7.84. The first-order chi connectivity index (χ1) is 14.6. The first-order valence-electron chi connectivity index (χ1n) is 10.6. The number of hydrogen-bond acceptors (Lipinski definition) is 5. The zero-order valence-electron chi connectivity index (χ0n) is 19.0. The predicted octanol–water partition coefficient (Wildman–Crippen LogP) is 4.50. The van der Waals surface area contributed by atoms with E-state index in [0.717, 1.165) is 45.6 Å². The van der Waals surface area contributed by atoms with Gasteiger partial charge in [0.25, 0.3) is 0 Å². The van der Waals surface area contributed by atoms with Crippen molar-refractivity contribution in [2.45, 2.75) is 69.7 Å². The third kappa shape index (κ3) is 3.49. The molecule has 0 radical (unpaired) electrons. The van der Waals surface area contributed by atoms with E-state index in [-0.39, 0.29) is 11.5 Å². The first-order valence-corrected chi connectivity index (χ1v) is 11.9. The van der Waals surface area contributed by atoms with Crippen molar-refractivity contribution in [1.82, 2.24) is 15.0 Å². The second kappa shape index (κ2) is 7.55. The maximum Gasteiger partial charge on any atom is 0.197 e. The van der Waals surface area contributed by atoms with Crippen molar-refractivity contribution in [3.05, 3.63) is 46.8 Å². The normalized spacial score (nSPS) is 17.7. The monoisotopic (exact) mass is 439 g/mol. The summed E-state index contributed by atoms with van der Waals surface area (Å²) in [5, 5.41) is 0.418. The van der Waals surface area contributed by atoms with Crippen molar-refractivity contribution in [2.75, 3.05) is 6.61 Å². The van der Waals surface area contributed by atoms with E-state index in [1.165, 1.54) is 0 Å². The third-order valence-electron chi connectivity index (χ3n) is 6.29. The maximum atomic E-state index is 13.1. The summed E-state index contributed by atoms with van der Waals surface area (Å²) >= 11 is 0. The number of nitrogens with one attached hydrogen (secondary N) is 1. The molecule has 0 saturated carbocycles. The number of ether oxygens (including phenoxy) is 1. The number of aromatic nitrogens is 3. The van der Waals surface area contributed by atoms with Gasteiger partial charge < -0.3 is 9.72 Å². The van der Waals surface area contributed by atoms with Crippen molar-refractivity contribution in [2.24, 2.45) is 0 Å². The molecule has 2 aromatic heterocycles. The minimum absolute atomic E-state index is 0.207. The first kappa shape index (κ1) is 21.7. The van der Waals surface area contributed by atoms with Gasteiger partial charge in [0, 0.05) is 22.6 Å². The standard InChI is InChI=1S/C24H29N3O3S/c1-7-10-30-20-8-9-25-19(14(20)2)13-31(29)22-26-17-11-15-16(12-18(17)27-22)24(5,6)21(28)23(15,3)4/h8-9,11-12H,7,10,13H2,1-6H3,(H,26,27). The Morgan fingerprint density at radius 1 is 1.13 bits per heavy atom. The molecule has 0 amide bonds. The van der Waals surface area contributed by atoms with Gasteiger partial charge in [0.1, 0.15) is 5.75 Å². The highest BCUT2D eigenvalue weighted by Crippen LogP contribution is 2.47. The summed E-state index contributed by atoms with van der Waals surface area (Å²) in [4.78, 5) is 25.1. The highest BCUT2D eigenvalue weighted by Gasteiger charge is 2.50. The molecule has 4 rings (SSSR count). The average molecular weight is 440 g/mol. The van der Waals surface area contributed by atoms with Crippen molar-refractivity contribution in [1.29, 1.82) is 0 Å². The van der Waals surface area contributed by atoms with Crippen LogP contribution in [0.15, 0.2) is 29.6 Å². The number of carbonyl (C=O) groups excluding carboxylic acids is 1. The summed E-state index contributed by atoms with van der Waals surface area (Å²) in [7, 11) is -1.39. The Morgan fingerprint density at radius 3 is 2.48 bits per heavy atom. The second-order valence-corrected chi connectivity index (χ2v) is 10.6. The Balaban J connectivity index is 1.66. The molecule has 1 aliphatic rings. The van der Waals surface area contributed by atoms with Crippen LogP contribution in [0, 0.1) is 6.92 Å². The number of imidazole rings is 1. The zero-order chi connectivity index (χ0) is 22.6. The minimum atomic E-state index is -1.39. The van der Waals surface area contributed by atoms with Crippen molar-refractivity contribution in [3.8, 4) is 5.75 Å². The van der Waals surface area contributed by atoms with E-state index in [2.05, 4.69) is 21.9 Å². The predicted molar refractivity (Wildman–Crippen MR) is 122 cm³/mol. The summed E-state index contributed by atoms with van der Waals surface area (Å²) in [5.41, 5.74) is 4.05. The van der Waals surface area contributed by atoms with Crippen molar-refractivity contribution < 1.29 is 13.7 Å². The fourth-order valence-electron chi connectivity index (χ4n) is 4.47. The molecule has 0 fully saturated rings. The summed E-state index contributed by atoms with van der Waals surface area (Å²) < 4.78 is 18.9. The number of ketones is 1. The van der Waals surface area contributed by atoms with E-state index in [0.29, 0.717) is 11.8 Å². The fraction of sp³-hybridized carbons (Fsp3) is 0.458. The summed E-state index contributed by atoms with van der Waals surface area (Å²) in [6, 6.07) is 5.80. The molecule has 6 nitrogen and oxygen atoms in total. The SMILES string of the molecule is CCCOc1ccnc(CS(=O)c2nc3cc4c(cc3[nH]2)C(C)(C)C(=O)C4(C)C)c1C. The van der Waals surface area contributed by atoms with Gasteiger partial charge in [-0.15, -0.1) is 0 Å². The molecule has 1 atom stereocenters. The van der Waals surface area contributed by atoms with Gasteiger partial charge in [0.15, 0.2) is 10.9 Å². The maximum absolute atomic E-state index is 13.1. The number of aromatic amines is 1. The molecule has 7 heteroatoms. The Morgan fingerprint density at radius 2 is 1.81 bits per heavy atom. The van der Waals surface area contributed by atoms with E-state index in [4.69, 9.17) is 4.74 Å². The lowest BCUT2D eigenvalue weighted by Crippen LogP contribution is -2.33. The molecule has 1 aliphatic carbocycles. The van der Waals surface area contributed by atoms with Crippen LogP contribution in [0.5, 0.6) is 5.75 Å². The summed E-state index contributed by atoms with van der Waals surface area (Å²) in [6.07, 6.45) is 2.61. The van der Waals surface area contributed by atoms with Crippen LogP contribution in [0.2, 0.25) is 0 Å². The van der Waals surface area contributed by atoms with Gasteiger partial charge in [-0.3, -0.25) is 14.0 Å². The molecule has 3 aromatic rings. The Hall–Kier alpha value is -2.54. The molecule has 2 heterocycles. The van der Waals surface area contributed by atoms with Gasteiger partial charge in [-0.1, -0.05) is 6.92 Å². The van der Waals surface area contributed by atoms with Gasteiger partial charge in [0.05, 0.1) is 39.9 Å². The van der Waals surface area contributed by atoms with Crippen LogP contribution in [0.4, 0.5) is 0 Å². The van der Waals surface area contributed by atoms with E-state index >= 15 is 0 Å². The van der Waals surface area contributed by atoms with Crippen LogP contribution in [-0.2, 0) is 32.2 Å². The van der Waals surface area contributed by atoms with Crippen LogP contribution >= 0.6 is 0 Å². The molecular formula is C24H29N3O3S. The minimum Gasteiger partial charge on any atom is -0.493 e. The van der Waals surface area contributed by atoms with Gasteiger partial charge in [-0.25, -0.2) is 4.98 Å². The molecule has 31 heavy (non-hydrogen) atoms. The molecule has 1 unspecified atom stereocenters. The number of nitrogens with zero attached hydrogens (tertiary/aromatic N) is 2. The van der Waals surface area contributed by atoms with Crippen LogP contribution in [0.3, 0.4) is 0 Å². The smallest absolute Gasteiger partial charge is 0.197 e. The molecular weight excluding hydrogens is 410 g/mol. The van der Waals surface area contributed by atoms with E-state index < -0.39 is 21.6 Å². The van der Waals surface area contributed by atoms with E-state index in [1.54, 1.807) is 6.20 Å².